The number of nitrogens with two attached hydrogens (primary N) is 2. The van der Waals surface area contributed by atoms with Gasteiger partial charge in [-0.3, -0.25) is 4.79 Å². The number of halogens is 4. The summed E-state index contributed by atoms with van der Waals surface area (Å²) >= 11 is 6.77. The molecule has 3 rings (SSSR count). The van der Waals surface area contributed by atoms with Gasteiger partial charge in [-0.1, -0.05) is 41.4 Å². The number of rotatable bonds is 7. The molecule has 0 spiro atoms. The average molecular weight is 494 g/mol. The Hall–Kier alpha value is -3.50. The third-order valence-corrected chi connectivity index (χ3v) is 5.39. The molecule has 0 radical (unpaired) electrons. The molecule has 7 nitrogen and oxygen atoms in total. The van der Waals surface area contributed by atoms with Gasteiger partial charge in [-0.25, -0.2) is 5.84 Å². The fourth-order valence-electron chi connectivity index (χ4n) is 3.35. The van der Waals surface area contributed by atoms with E-state index in [9.17, 15) is 18.0 Å². The molecule has 34 heavy (non-hydrogen) atoms. The molecule has 0 aliphatic rings. The minimum absolute atomic E-state index is 0.0483. The lowest BCUT2D eigenvalue weighted by molar-refractivity contribution is -0.136. The number of benzene rings is 2. The van der Waals surface area contributed by atoms with E-state index in [0.717, 1.165) is 5.56 Å². The quantitative estimate of drug-likeness (QED) is 0.127. The van der Waals surface area contributed by atoms with E-state index in [1.807, 2.05) is 31.2 Å². The number of hydrazone groups is 1. The maximum absolute atomic E-state index is 13.0. The van der Waals surface area contributed by atoms with Crippen LogP contribution < -0.4 is 27.4 Å². The minimum Gasteiger partial charge on any atom is -0.494 e. The van der Waals surface area contributed by atoms with E-state index in [1.54, 1.807) is 24.3 Å². The number of nitrogens with zero attached hydrogens (tertiary/aromatic N) is 1. The van der Waals surface area contributed by atoms with Crippen molar-refractivity contribution in [1.82, 2.24) is 10.4 Å². The number of ether oxygens (including phenoxy) is 1. The van der Waals surface area contributed by atoms with Crippen LogP contribution in [0.5, 0.6) is 5.75 Å². The van der Waals surface area contributed by atoms with Crippen LogP contribution in [-0.4, -0.2) is 23.6 Å². The first kappa shape index (κ1) is 25.1. The van der Waals surface area contributed by atoms with Crippen LogP contribution in [0.3, 0.4) is 0 Å². The molecule has 0 amide bonds. The van der Waals surface area contributed by atoms with Gasteiger partial charge in [0.1, 0.15) is 5.75 Å². The number of hydrogen-bond donors (Lipinski definition) is 4. The predicted molar refractivity (Wildman–Crippen MR) is 127 cm³/mol. The van der Waals surface area contributed by atoms with Gasteiger partial charge in [-0.2, -0.15) is 18.3 Å². The zero-order chi connectivity index (χ0) is 24.9. The normalized spacial score (nSPS) is 12.0. The summed E-state index contributed by atoms with van der Waals surface area (Å²) < 4.78 is 42.2. The number of nitrogens with one attached hydrogen (secondary N) is 2. The minimum atomic E-state index is -4.22. The van der Waals surface area contributed by atoms with E-state index in [0.29, 0.717) is 28.1 Å². The smallest absolute Gasteiger partial charge is 0.389 e. The number of pyridine rings is 1. The van der Waals surface area contributed by atoms with E-state index in [-0.39, 0.29) is 29.4 Å². The van der Waals surface area contributed by atoms with Crippen LogP contribution in [-0.2, 0) is 0 Å². The Morgan fingerprint density at radius 2 is 1.74 bits per heavy atom. The third-order valence-electron chi connectivity index (χ3n) is 5.01. The summed E-state index contributed by atoms with van der Waals surface area (Å²) in [5.41, 5.74) is 4.82. The first-order valence-corrected chi connectivity index (χ1v) is 10.6. The van der Waals surface area contributed by atoms with Crippen molar-refractivity contribution in [2.75, 3.05) is 6.61 Å². The number of H-pyrrole nitrogens is 1. The Bertz CT molecular complexity index is 1220. The lowest BCUT2D eigenvalue weighted by Gasteiger charge is -2.16. The Kier molecular flexibility index (Phi) is 7.85. The molecule has 0 saturated carbocycles. The van der Waals surface area contributed by atoms with Crippen molar-refractivity contribution < 1.29 is 17.9 Å². The lowest BCUT2D eigenvalue weighted by Crippen LogP contribution is -2.37. The molecule has 0 atom stereocenters. The summed E-state index contributed by atoms with van der Waals surface area (Å²) in [5.74, 6) is 11.3. The summed E-state index contributed by atoms with van der Waals surface area (Å²) in [6.07, 6.45) is -5.28. The second kappa shape index (κ2) is 10.6. The highest BCUT2D eigenvalue weighted by Gasteiger charge is 2.26. The maximum Gasteiger partial charge on any atom is 0.389 e. The summed E-state index contributed by atoms with van der Waals surface area (Å²) in [6, 6.07) is 13.8. The van der Waals surface area contributed by atoms with Crippen molar-refractivity contribution in [3.63, 3.8) is 0 Å². The first-order chi connectivity index (χ1) is 16.1. The molecule has 0 aliphatic heterocycles. The van der Waals surface area contributed by atoms with E-state index in [2.05, 4.69) is 15.5 Å². The van der Waals surface area contributed by atoms with Crippen LogP contribution in [0.1, 0.15) is 24.0 Å². The van der Waals surface area contributed by atoms with Gasteiger partial charge in [0.25, 0.3) is 5.56 Å². The van der Waals surface area contributed by atoms with Gasteiger partial charge in [0.05, 0.1) is 22.9 Å². The van der Waals surface area contributed by atoms with Crippen LogP contribution in [0.15, 0.2) is 58.4 Å². The summed E-state index contributed by atoms with van der Waals surface area (Å²) in [4.78, 5) is 15.8. The number of hydrogen-bond acceptors (Lipinski definition) is 5. The van der Waals surface area contributed by atoms with Crippen LogP contribution in [0.4, 0.5) is 13.2 Å². The van der Waals surface area contributed by atoms with Gasteiger partial charge in [-0.15, -0.1) is 0 Å². The monoisotopic (exact) mass is 493 g/mol. The van der Waals surface area contributed by atoms with Crippen molar-refractivity contribution in [3.05, 3.63) is 75.0 Å². The molecular weight excluding hydrogens is 471 g/mol. The highest BCUT2D eigenvalue weighted by atomic mass is 35.5. The standard InChI is InChI=1S/C23H23ClF3N5O2/c1-13-3-5-14(6-4-13)17-18(21(31-28)32-29)22(33)30-20(19(17)24)15-7-9-16(10-8-15)34-12-2-11-23(25,26)27/h3-10H,2,11-12,28-29H2,1H3,(H,30,33)(H,31,32). The average Bonchev–Trinajstić information content (AvgIpc) is 2.80. The Balaban J connectivity index is 2.00. The van der Waals surface area contributed by atoms with E-state index >= 15 is 0 Å². The van der Waals surface area contributed by atoms with Crippen LogP contribution in [0.2, 0.25) is 5.02 Å². The zero-order valence-electron chi connectivity index (χ0n) is 18.2. The highest BCUT2D eigenvalue weighted by molar-refractivity contribution is 6.36. The fourth-order valence-corrected chi connectivity index (χ4v) is 3.71. The molecule has 180 valence electrons. The summed E-state index contributed by atoms with van der Waals surface area (Å²) in [7, 11) is 0. The molecule has 1 aromatic heterocycles. The van der Waals surface area contributed by atoms with E-state index in [1.165, 1.54) is 0 Å². The number of alkyl halides is 3. The van der Waals surface area contributed by atoms with Gasteiger partial charge in [0, 0.05) is 12.0 Å². The molecule has 11 heteroatoms. The van der Waals surface area contributed by atoms with Crippen molar-refractivity contribution in [2.24, 2.45) is 16.8 Å². The van der Waals surface area contributed by atoms with Gasteiger partial charge < -0.3 is 21.0 Å². The van der Waals surface area contributed by atoms with Crippen LogP contribution in [0, 0.1) is 6.92 Å². The SMILES string of the molecule is Cc1ccc(-c2c(Cl)c(-c3ccc(OCCCC(F)(F)F)cc3)[nH]c(=O)c2/C(=N/N)NN)cc1. The van der Waals surface area contributed by atoms with E-state index < -0.39 is 18.2 Å². The highest BCUT2D eigenvalue weighted by Crippen LogP contribution is 2.37. The second-order valence-electron chi connectivity index (χ2n) is 7.47. The molecule has 0 aliphatic carbocycles. The molecule has 1 heterocycles. The van der Waals surface area contributed by atoms with Gasteiger partial charge in [0.2, 0.25) is 0 Å². The second-order valence-corrected chi connectivity index (χ2v) is 7.85. The van der Waals surface area contributed by atoms with E-state index in [4.69, 9.17) is 28.0 Å². The third kappa shape index (κ3) is 5.89. The maximum atomic E-state index is 13.0. The van der Waals surface area contributed by atoms with Gasteiger partial charge in [-0.05, 0) is 48.7 Å². The Morgan fingerprint density at radius 3 is 2.29 bits per heavy atom. The first-order valence-electron chi connectivity index (χ1n) is 10.2. The van der Waals surface area contributed by atoms with Gasteiger partial charge >= 0.3 is 6.18 Å². The summed E-state index contributed by atoms with van der Waals surface area (Å²) in [6.45, 7) is 1.85. The molecule has 0 unspecified atom stereocenters. The molecule has 0 fully saturated rings. The Morgan fingerprint density at radius 1 is 1.12 bits per heavy atom. The number of aromatic nitrogens is 1. The predicted octanol–water partition coefficient (Wildman–Crippen LogP) is 4.48. The van der Waals surface area contributed by atoms with Crippen LogP contribution in [0.25, 0.3) is 22.4 Å². The largest absolute Gasteiger partial charge is 0.494 e. The number of aromatic amines is 1. The summed E-state index contributed by atoms with van der Waals surface area (Å²) in [5, 5.41) is 3.79. The Labute approximate surface area is 198 Å². The topological polar surface area (TPSA) is 119 Å². The van der Waals surface area contributed by atoms with Crippen molar-refractivity contribution in [3.8, 4) is 28.1 Å². The number of hydrazine groups is 1. The van der Waals surface area contributed by atoms with Gasteiger partial charge in [0.15, 0.2) is 5.84 Å². The molecule has 3 aromatic rings. The van der Waals surface area contributed by atoms with Crippen molar-refractivity contribution in [1.29, 1.82) is 0 Å². The van der Waals surface area contributed by atoms with Crippen molar-refractivity contribution in [2.45, 2.75) is 25.9 Å². The molecule has 0 bridgehead atoms. The fraction of sp³-hybridized carbons (Fsp3) is 0.217. The molecular formula is C23H23ClF3N5O2. The molecule has 0 saturated heterocycles. The lowest BCUT2D eigenvalue weighted by atomic mass is 9.97. The zero-order valence-corrected chi connectivity index (χ0v) is 18.9. The number of aryl methyl sites for hydroxylation is 1. The number of amidine groups is 1. The van der Waals surface area contributed by atoms with Crippen molar-refractivity contribution >= 4 is 17.4 Å². The molecule has 6 N–H and O–H groups in total. The molecule has 2 aromatic carbocycles. The van der Waals surface area contributed by atoms with Crippen LogP contribution >= 0.6 is 11.6 Å².